The van der Waals surface area contributed by atoms with E-state index in [1.54, 1.807) is 0 Å². The summed E-state index contributed by atoms with van der Waals surface area (Å²) in [6.07, 6.45) is 7.57. The summed E-state index contributed by atoms with van der Waals surface area (Å²) in [5, 5.41) is 3.57. The van der Waals surface area contributed by atoms with Gasteiger partial charge in [-0.15, -0.1) is 0 Å². The summed E-state index contributed by atoms with van der Waals surface area (Å²) < 4.78 is 0. The summed E-state index contributed by atoms with van der Waals surface area (Å²) in [7, 11) is 0. The SMILES string of the molecule is CCCNC(Cc1ccccn1)c1ccncc1. The lowest BCUT2D eigenvalue weighted by molar-refractivity contribution is 0.524. The lowest BCUT2D eigenvalue weighted by Gasteiger charge is -2.18. The van der Waals surface area contributed by atoms with E-state index in [1.807, 2.05) is 30.7 Å². The average Bonchev–Trinajstić information content (AvgIpc) is 2.45. The largest absolute Gasteiger partial charge is 0.310 e. The molecule has 2 heterocycles. The van der Waals surface area contributed by atoms with Crippen molar-refractivity contribution in [3.8, 4) is 0 Å². The number of pyridine rings is 2. The van der Waals surface area contributed by atoms with Crippen LogP contribution < -0.4 is 5.32 Å². The molecular formula is C15H19N3. The maximum atomic E-state index is 4.40. The molecule has 3 heteroatoms. The first kappa shape index (κ1) is 12.7. The fraction of sp³-hybridized carbons (Fsp3) is 0.333. The van der Waals surface area contributed by atoms with Crippen LogP contribution in [0.1, 0.15) is 30.6 Å². The highest BCUT2D eigenvalue weighted by Crippen LogP contribution is 2.16. The first-order chi connectivity index (χ1) is 8.90. The Morgan fingerprint density at radius 3 is 2.61 bits per heavy atom. The molecule has 0 saturated carbocycles. The standard InChI is InChI=1S/C15H19N3/c1-2-8-18-15(13-6-10-16-11-7-13)12-14-5-3-4-9-17-14/h3-7,9-11,15,18H,2,8,12H2,1H3. The smallest absolute Gasteiger partial charge is 0.0422 e. The quantitative estimate of drug-likeness (QED) is 0.845. The molecule has 0 radical (unpaired) electrons. The van der Waals surface area contributed by atoms with Crippen LogP contribution in [0.15, 0.2) is 48.9 Å². The minimum absolute atomic E-state index is 0.308. The van der Waals surface area contributed by atoms with Gasteiger partial charge in [-0.1, -0.05) is 13.0 Å². The summed E-state index contributed by atoms with van der Waals surface area (Å²) in [6, 6.07) is 10.5. The van der Waals surface area contributed by atoms with Gasteiger partial charge in [-0.05, 0) is 42.8 Å². The van der Waals surface area contributed by atoms with Gasteiger partial charge in [0.2, 0.25) is 0 Å². The molecule has 2 aromatic rings. The number of hydrogen-bond acceptors (Lipinski definition) is 3. The van der Waals surface area contributed by atoms with Crippen LogP contribution in [0.5, 0.6) is 0 Å². The molecule has 1 unspecified atom stereocenters. The highest BCUT2D eigenvalue weighted by atomic mass is 14.9. The van der Waals surface area contributed by atoms with Crippen LogP contribution in [-0.2, 0) is 6.42 Å². The van der Waals surface area contributed by atoms with Crippen molar-refractivity contribution in [3.05, 3.63) is 60.2 Å². The van der Waals surface area contributed by atoms with E-state index in [4.69, 9.17) is 0 Å². The summed E-state index contributed by atoms with van der Waals surface area (Å²) in [5.74, 6) is 0. The molecule has 0 bridgehead atoms. The van der Waals surface area contributed by atoms with Gasteiger partial charge >= 0.3 is 0 Å². The maximum Gasteiger partial charge on any atom is 0.0422 e. The van der Waals surface area contributed by atoms with Gasteiger partial charge in [0.25, 0.3) is 0 Å². The van der Waals surface area contributed by atoms with E-state index in [1.165, 1.54) is 5.56 Å². The number of aromatic nitrogens is 2. The van der Waals surface area contributed by atoms with Crippen molar-refractivity contribution in [3.63, 3.8) is 0 Å². The lowest BCUT2D eigenvalue weighted by atomic mass is 10.0. The zero-order valence-electron chi connectivity index (χ0n) is 10.7. The summed E-state index contributed by atoms with van der Waals surface area (Å²) in [4.78, 5) is 8.47. The maximum absolute atomic E-state index is 4.40. The van der Waals surface area contributed by atoms with E-state index in [9.17, 15) is 0 Å². The molecule has 18 heavy (non-hydrogen) atoms. The van der Waals surface area contributed by atoms with Crippen molar-refractivity contribution in [2.45, 2.75) is 25.8 Å². The summed E-state index contributed by atoms with van der Waals surface area (Å²) in [6.45, 7) is 3.19. The Labute approximate surface area is 108 Å². The first-order valence-electron chi connectivity index (χ1n) is 6.43. The van der Waals surface area contributed by atoms with Crippen LogP contribution in [0.4, 0.5) is 0 Å². The van der Waals surface area contributed by atoms with Crippen LogP contribution in [0, 0.1) is 0 Å². The predicted octanol–water partition coefficient (Wildman–Crippen LogP) is 2.76. The van der Waals surface area contributed by atoms with Gasteiger partial charge in [0.1, 0.15) is 0 Å². The molecule has 0 amide bonds. The molecule has 1 atom stereocenters. The van der Waals surface area contributed by atoms with E-state index in [-0.39, 0.29) is 0 Å². The van der Waals surface area contributed by atoms with Crippen molar-refractivity contribution in [2.75, 3.05) is 6.54 Å². The Morgan fingerprint density at radius 1 is 1.11 bits per heavy atom. The summed E-state index contributed by atoms with van der Waals surface area (Å²) >= 11 is 0. The van der Waals surface area contributed by atoms with Crippen LogP contribution in [0.2, 0.25) is 0 Å². The third kappa shape index (κ3) is 3.64. The van der Waals surface area contributed by atoms with Crippen LogP contribution in [0.3, 0.4) is 0 Å². The highest BCUT2D eigenvalue weighted by Gasteiger charge is 2.11. The zero-order valence-corrected chi connectivity index (χ0v) is 10.7. The minimum atomic E-state index is 0.308. The molecular weight excluding hydrogens is 222 g/mol. The molecule has 0 aliphatic carbocycles. The predicted molar refractivity (Wildman–Crippen MR) is 73.2 cm³/mol. The van der Waals surface area contributed by atoms with Crippen molar-refractivity contribution >= 4 is 0 Å². The minimum Gasteiger partial charge on any atom is -0.310 e. The second kappa shape index (κ2) is 6.87. The molecule has 2 rings (SSSR count). The molecule has 94 valence electrons. The molecule has 0 spiro atoms. The lowest BCUT2D eigenvalue weighted by Crippen LogP contribution is -2.24. The highest BCUT2D eigenvalue weighted by molar-refractivity contribution is 5.18. The van der Waals surface area contributed by atoms with Gasteiger partial charge in [-0.3, -0.25) is 9.97 Å². The van der Waals surface area contributed by atoms with Crippen LogP contribution in [0.25, 0.3) is 0 Å². The van der Waals surface area contributed by atoms with Gasteiger partial charge in [-0.2, -0.15) is 0 Å². The number of nitrogens with zero attached hydrogens (tertiary/aromatic N) is 2. The first-order valence-corrected chi connectivity index (χ1v) is 6.43. The Bertz CT molecular complexity index is 442. The molecule has 1 N–H and O–H groups in total. The second-order valence-electron chi connectivity index (χ2n) is 4.31. The normalized spacial score (nSPS) is 12.3. The van der Waals surface area contributed by atoms with E-state index in [0.29, 0.717) is 6.04 Å². The number of nitrogens with one attached hydrogen (secondary N) is 1. The monoisotopic (exact) mass is 241 g/mol. The topological polar surface area (TPSA) is 37.8 Å². The summed E-state index contributed by atoms with van der Waals surface area (Å²) in [5.41, 5.74) is 2.38. The Kier molecular flexibility index (Phi) is 4.85. The third-order valence-corrected chi connectivity index (χ3v) is 2.89. The van der Waals surface area contributed by atoms with Gasteiger partial charge in [0, 0.05) is 36.7 Å². The molecule has 0 aliphatic rings. The second-order valence-corrected chi connectivity index (χ2v) is 4.31. The number of hydrogen-bond donors (Lipinski definition) is 1. The van der Waals surface area contributed by atoms with Crippen LogP contribution in [-0.4, -0.2) is 16.5 Å². The van der Waals surface area contributed by atoms with Crippen molar-refractivity contribution in [1.82, 2.24) is 15.3 Å². The molecule has 0 saturated heterocycles. The molecule has 3 nitrogen and oxygen atoms in total. The molecule has 0 fully saturated rings. The van der Waals surface area contributed by atoms with Crippen molar-refractivity contribution in [2.24, 2.45) is 0 Å². The van der Waals surface area contributed by atoms with Gasteiger partial charge in [0.15, 0.2) is 0 Å². The molecule has 2 aromatic heterocycles. The Balaban J connectivity index is 2.10. The van der Waals surface area contributed by atoms with E-state index in [2.05, 4.69) is 40.4 Å². The fourth-order valence-corrected chi connectivity index (χ4v) is 1.95. The van der Waals surface area contributed by atoms with E-state index in [0.717, 1.165) is 25.1 Å². The van der Waals surface area contributed by atoms with Crippen LogP contribution >= 0.6 is 0 Å². The van der Waals surface area contributed by atoms with Crippen molar-refractivity contribution < 1.29 is 0 Å². The fourth-order valence-electron chi connectivity index (χ4n) is 1.95. The van der Waals surface area contributed by atoms with Gasteiger partial charge in [-0.25, -0.2) is 0 Å². The molecule has 0 aromatic carbocycles. The van der Waals surface area contributed by atoms with Gasteiger partial charge in [0.05, 0.1) is 0 Å². The van der Waals surface area contributed by atoms with Crippen molar-refractivity contribution in [1.29, 1.82) is 0 Å². The number of rotatable bonds is 6. The van der Waals surface area contributed by atoms with E-state index < -0.39 is 0 Å². The molecule has 0 aliphatic heterocycles. The zero-order chi connectivity index (χ0) is 12.6. The average molecular weight is 241 g/mol. The third-order valence-electron chi connectivity index (χ3n) is 2.89. The van der Waals surface area contributed by atoms with E-state index >= 15 is 0 Å². The Morgan fingerprint density at radius 2 is 1.94 bits per heavy atom. The Hall–Kier alpha value is -1.74. The van der Waals surface area contributed by atoms with Gasteiger partial charge < -0.3 is 5.32 Å².